The second-order valence-electron chi connectivity index (χ2n) is 6.78. The van der Waals surface area contributed by atoms with Gasteiger partial charge in [0.25, 0.3) is 0 Å². The molecule has 0 bridgehead atoms. The fourth-order valence-corrected chi connectivity index (χ4v) is 3.83. The highest BCUT2D eigenvalue weighted by atomic mass is 16.2. The maximum atomic E-state index is 12.5. The van der Waals surface area contributed by atoms with Crippen LogP contribution in [-0.4, -0.2) is 25.4 Å². The first-order valence-electron chi connectivity index (χ1n) is 8.41. The maximum Gasteiger partial charge on any atom is 0.231 e. The molecule has 0 aromatic heterocycles. The van der Waals surface area contributed by atoms with Gasteiger partial charge in [-0.3, -0.25) is 9.59 Å². The Balaban J connectivity index is 1.69. The van der Waals surface area contributed by atoms with Crippen LogP contribution in [0.1, 0.15) is 43.4 Å². The molecular formula is C18H25N3O2. The lowest BCUT2D eigenvalue weighted by atomic mass is 9.94. The number of rotatable bonds is 4. The second kappa shape index (κ2) is 6.32. The molecule has 5 heteroatoms. The summed E-state index contributed by atoms with van der Waals surface area (Å²) in [6, 6.07) is 5.94. The van der Waals surface area contributed by atoms with Crippen molar-refractivity contribution in [1.29, 1.82) is 0 Å². The third kappa shape index (κ3) is 2.98. The third-order valence-electron chi connectivity index (χ3n) is 5.34. The molecule has 0 spiro atoms. The maximum absolute atomic E-state index is 12.5. The molecule has 3 rings (SSSR count). The van der Waals surface area contributed by atoms with Crippen molar-refractivity contribution >= 4 is 17.5 Å². The van der Waals surface area contributed by atoms with Gasteiger partial charge in [0.05, 0.1) is 12.5 Å². The minimum absolute atomic E-state index is 0.0459. The summed E-state index contributed by atoms with van der Waals surface area (Å²) in [6.07, 6.45) is 3.51. The number of hydrogen-bond donors (Lipinski definition) is 2. The van der Waals surface area contributed by atoms with Crippen molar-refractivity contribution in [2.45, 2.75) is 38.6 Å². The number of amides is 2. The zero-order valence-electron chi connectivity index (χ0n) is 13.8. The van der Waals surface area contributed by atoms with Gasteiger partial charge >= 0.3 is 0 Å². The molecule has 1 fully saturated rings. The predicted molar refractivity (Wildman–Crippen MR) is 90.0 cm³/mol. The fourth-order valence-electron chi connectivity index (χ4n) is 3.83. The molecule has 2 amide bonds. The van der Waals surface area contributed by atoms with E-state index >= 15 is 0 Å². The highest BCUT2D eigenvalue weighted by Gasteiger charge is 2.32. The van der Waals surface area contributed by atoms with Gasteiger partial charge in [0.2, 0.25) is 11.8 Å². The van der Waals surface area contributed by atoms with Gasteiger partial charge in [0.1, 0.15) is 0 Å². The van der Waals surface area contributed by atoms with Crippen molar-refractivity contribution in [2.75, 3.05) is 18.5 Å². The van der Waals surface area contributed by atoms with Crippen LogP contribution in [-0.2, 0) is 16.0 Å². The first-order chi connectivity index (χ1) is 11.0. The summed E-state index contributed by atoms with van der Waals surface area (Å²) < 4.78 is 0. The number of nitrogens with one attached hydrogen (secondary N) is 1. The number of benzene rings is 1. The molecule has 5 nitrogen and oxygen atoms in total. The summed E-state index contributed by atoms with van der Waals surface area (Å²) in [7, 11) is 1.80. The minimum Gasteiger partial charge on any atom is -0.349 e. The predicted octanol–water partition coefficient (Wildman–Crippen LogP) is 1.76. The van der Waals surface area contributed by atoms with E-state index < -0.39 is 0 Å². The van der Waals surface area contributed by atoms with Gasteiger partial charge < -0.3 is 16.0 Å². The van der Waals surface area contributed by atoms with E-state index in [0.29, 0.717) is 18.9 Å². The summed E-state index contributed by atoms with van der Waals surface area (Å²) in [5.74, 6) is 0.586. The highest BCUT2D eigenvalue weighted by Crippen LogP contribution is 2.33. The fraction of sp³-hybridized carbons (Fsp3) is 0.556. The first kappa shape index (κ1) is 16.0. The Hall–Kier alpha value is -1.88. The van der Waals surface area contributed by atoms with Crippen molar-refractivity contribution in [2.24, 2.45) is 17.6 Å². The van der Waals surface area contributed by atoms with E-state index in [1.54, 1.807) is 11.9 Å². The first-order valence-corrected chi connectivity index (χ1v) is 8.41. The molecule has 124 valence electrons. The molecule has 2 aliphatic rings. The van der Waals surface area contributed by atoms with E-state index in [1.807, 2.05) is 25.1 Å². The Morgan fingerprint density at radius 3 is 2.96 bits per heavy atom. The van der Waals surface area contributed by atoms with E-state index in [0.717, 1.165) is 36.1 Å². The van der Waals surface area contributed by atoms with E-state index in [9.17, 15) is 9.59 Å². The SMILES string of the molecule is CC(NC(=O)[C@@H]1CCC[C@@H]1CN)c1ccc2c(c1)CC(=O)N2C. The highest BCUT2D eigenvalue weighted by molar-refractivity contribution is 6.00. The van der Waals surface area contributed by atoms with E-state index in [2.05, 4.69) is 5.32 Å². The monoisotopic (exact) mass is 315 g/mol. The van der Waals surface area contributed by atoms with Gasteiger partial charge in [-0.1, -0.05) is 18.6 Å². The van der Waals surface area contributed by atoms with Crippen molar-refractivity contribution < 1.29 is 9.59 Å². The number of fused-ring (bicyclic) bond motifs is 1. The zero-order valence-corrected chi connectivity index (χ0v) is 13.8. The Kier molecular flexibility index (Phi) is 4.39. The van der Waals surface area contributed by atoms with Crippen LogP contribution in [0.5, 0.6) is 0 Å². The lowest BCUT2D eigenvalue weighted by Gasteiger charge is -2.21. The molecular weight excluding hydrogens is 290 g/mol. The third-order valence-corrected chi connectivity index (χ3v) is 5.34. The average Bonchev–Trinajstić information content (AvgIpc) is 3.12. The van der Waals surface area contributed by atoms with Gasteiger partial charge in [-0.25, -0.2) is 0 Å². The molecule has 1 saturated carbocycles. The number of nitrogens with zero attached hydrogens (tertiary/aromatic N) is 1. The van der Waals surface area contributed by atoms with Crippen LogP contribution in [0, 0.1) is 11.8 Å². The van der Waals surface area contributed by atoms with Crippen LogP contribution in [0.25, 0.3) is 0 Å². The number of carbonyl (C=O) groups is 2. The van der Waals surface area contributed by atoms with Crippen molar-refractivity contribution in [3.63, 3.8) is 0 Å². The molecule has 1 heterocycles. The van der Waals surface area contributed by atoms with Gasteiger partial charge in [0, 0.05) is 18.7 Å². The topological polar surface area (TPSA) is 75.4 Å². The van der Waals surface area contributed by atoms with Gasteiger partial charge in [-0.05, 0) is 49.4 Å². The van der Waals surface area contributed by atoms with E-state index in [1.165, 1.54) is 0 Å². The van der Waals surface area contributed by atoms with Crippen molar-refractivity contribution in [1.82, 2.24) is 5.32 Å². The van der Waals surface area contributed by atoms with Crippen LogP contribution in [0.4, 0.5) is 5.69 Å². The number of hydrogen-bond acceptors (Lipinski definition) is 3. The molecule has 23 heavy (non-hydrogen) atoms. The largest absolute Gasteiger partial charge is 0.349 e. The van der Waals surface area contributed by atoms with Gasteiger partial charge in [-0.15, -0.1) is 0 Å². The van der Waals surface area contributed by atoms with Crippen molar-refractivity contribution in [3.8, 4) is 0 Å². The Labute approximate surface area is 137 Å². The molecule has 0 saturated heterocycles. The lowest BCUT2D eigenvalue weighted by molar-refractivity contribution is -0.126. The number of carbonyl (C=O) groups excluding carboxylic acids is 2. The van der Waals surface area contributed by atoms with Crippen LogP contribution in [0.15, 0.2) is 18.2 Å². The molecule has 1 unspecified atom stereocenters. The van der Waals surface area contributed by atoms with Crippen LogP contribution < -0.4 is 16.0 Å². The van der Waals surface area contributed by atoms with Crippen molar-refractivity contribution in [3.05, 3.63) is 29.3 Å². The van der Waals surface area contributed by atoms with Crippen LogP contribution in [0.3, 0.4) is 0 Å². The Morgan fingerprint density at radius 1 is 1.43 bits per heavy atom. The molecule has 1 aliphatic heterocycles. The zero-order chi connectivity index (χ0) is 16.6. The van der Waals surface area contributed by atoms with Crippen LogP contribution >= 0.6 is 0 Å². The standard InChI is InChI=1S/C18H25N3O2/c1-11(20-18(23)15-5-3-4-13(15)10-19)12-6-7-16-14(8-12)9-17(22)21(16)2/h6-8,11,13,15H,3-5,9-10,19H2,1-2H3,(H,20,23)/t11?,13-,15-/m1/s1. The molecule has 0 radical (unpaired) electrons. The Morgan fingerprint density at radius 2 is 2.22 bits per heavy atom. The van der Waals surface area contributed by atoms with E-state index in [4.69, 9.17) is 5.73 Å². The van der Waals surface area contributed by atoms with Gasteiger partial charge in [-0.2, -0.15) is 0 Å². The number of likely N-dealkylation sites (N-methyl/N-ethyl adjacent to an activating group) is 1. The quantitative estimate of drug-likeness (QED) is 0.889. The summed E-state index contributed by atoms with van der Waals surface area (Å²) in [5.41, 5.74) is 8.83. The summed E-state index contributed by atoms with van der Waals surface area (Å²) in [5, 5.41) is 3.12. The van der Waals surface area contributed by atoms with E-state index in [-0.39, 0.29) is 23.8 Å². The molecule has 3 atom stereocenters. The summed E-state index contributed by atoms with van der Waals surface area (Å²) >= 11 is 0. The minimum atomic E-state index is -0.0622. The molecule has 1 aliphatic carbocycles. The van der Waals surface area contributed by atoms with Gasteiger partial charge in [0.15, 0.2) is 0 Å². The molecule has 3 N–H and O–H groups in total. The number of anilines is 1. The average molecular weight is 315 g/mol. The smallest absolute Gasteiger partial charge is 0.231 e. The summed E-state index contributed by atoms with van der Waals surface area (Å²) in [4.78, 5) is 26.0. The molecule has 1 aromatic carbocycles. The Bertz CT molecular complexity index is 629. The normalized spacial score (nSPS) is 24.7. The summed E-state index contributed by atoms with van der Waals surface area (Å²) in [6.45, 7) is 2.58. The second-order valence-corrected chi connectivity index (χ2v) is 6.78. The molecule has 1 aromatic rings. The van der Waals surface area contributed by atoms with Crippen LogP contribution in [0.2, 0.25) is 0 Å². The lowest BCUT2D eigenvalue weighted by Crippen LogP contribution is -2.36. The number of nitrogens with two attached hydrogens (primary N) is 1.